The molecule has 0 radical (unpaired) electrons. The second-order valence-corrected chi connectivity index (χ2v) is 3.97. The summed E-state index contributed by atoms with van der Waals surface area (Å²) in [5.74, 6) is 1.64. The van der Waals surface area contributed by atoms with Crippen LogP contribution in [0, 0.1) is 0 Å². The summed E-state index contributed by atoms with van der Waals surface area (Å²) in [6.45, 7) is 0.669. The smallest absolute Gasteiger partial charge is 0.157 e. The van der Waals surface area contributed by atoms with Crippen LogP contribution in [0.5, 0.6) is 0 Å². The van der Waals surface area contributed by atoms with E-state index in [0.29, 0.717) is 6.54 Å². The van der Waals surface area contributed by atoms with Crippen LogP contribution in [0.25, 0.3) is 0 Å². The predicted octanol–water partition coefficient (Wildman–Crippen LogP) is 1.82. The molecule has 0 saturated carbocycles. The van der Waals surface area contributed by atoms with Crippen molar-refractivity contribution in [3.63, 3.8) is 0 Å². The molecular weight excluding hydrogens is 218 g/mol. The fourth-order valence-corrected chi connectivity index (χ4v) is 1.94. The lowest BCUT2D eigenvalue weighted by Crippen LogP contribution is -2.31. The molecule has 1 aliphatic heterocycles. The molecule has 2 N–H and O–H groups in total. The van der Waals surface area contributed by atoms with Gasteiger partial charge >= 0.3 is 0 Å². The van der Waals surface area contributed by atoms with Gasteiger partial charge in [-0.1, -0.05) is 0 Å². The molecule has 0 saturated heterocycles. The molecular formula is C12H13N3O2. The summed E-state index contributed by atoms with van der Waals surface area (Å²) in [7, 11) is 0. The number of aliphatic imine (C=N–C) groups is 1. The highest BCUT2D eigenvalue weighted by Gasteiger charge is 2.22. The number of aromatic amines is 1. The van der Waals surface area contributed by atoms with E-state index < -0.39 is 6.23 Å². The standard InChI is InChI=1S/C12H13N3O2/c16-12-10-3-5-13-11(10)14-8-15(12)6-4-9-2-1-7-17-9/h1-3,5,7-8,12-13,16H,4,6H2. The average molecular weight is 231 g/mol. The Morgan fingerprint density at radius 3 is 3.24 bits per heavy atom. The number of fused-ring (bicyclic) bond motifs is 1. The van der Waals surface area contributed by atoms with Crippen molar-refractivity contribution in [1.29, 1.82) is 0 Å². The molecule has 0 fully saturated rings. The van der Waals surface area contributed by atoms with E-state index in [0.717, 1.165) is 23.6 Å². The van der Waals surface area contributed by atoms with Crippen molar-refractivity contribution in [2.75, 3.05) is 6.54 Å². The second-order valence-electron chi connectivity index (χ2n) is 3.97. The Labute approximate surface area is 98.4 Å². The normalized spacial score (nSPS) is 18.4. The number of nitrogens with one attached hydrogen (secondary N) is 1. The zero-order valence-electron chi connectivity index (χ0n) is 9.21. The van der Waals surface area contributed by atoms with Crippen molar-refractivity contribution in [2.45, 2.75) is 12.6 Å². The first-order chi connectivity index (χ1) is 8.34. The van der Waals surface area contributed by atoms with Crippen LogP contribution < -0.4 is 0 Å². The molecule has 88 valence electrons. The lowest BCUT2D eigenvalue weighted by molar-refractivity contribution is 0.0544. The zero-order chi connectivity index (χ0) is 11.7. The topological polar surface area (TPSA) is 64.8 Å². The summed E-state index contributed by atoms with van der Waals surface area (Å²) >= 11 is 0. The summed E-state index contributed by atoms with van der Waals surface area (Å²) in [6, 6.07) is 5.63. The highest BCUT2D eigenvalue weighted by Crippen LogP contribution is 2.29. The van der Waals surface area contributed by atoms with Gasteiger partial charge in [0.05, 0.1) is 12.6 Å². The van der Waals surface area contributed by atoms with Gasteiger partial charge in [-0.15, -0.1) is 0 Å². The average Bonchev–Trinajstić information content (AvgIpc) is 2.99. The van der Waals surface area contributed by atoms with Crippen molar-refractivity contribution < 1.29 is 9.52 Å². The second kappa shape index (κ2) is 4.10. The summed E-state index contributed by atoms with van der Waals surface area (Å²) in [5, 5.41) is 10.1. The first-order valence-corrected chi connectivity index (χ1v) is 5.52. The van der Waals surface area contributed by atoms with Crippen molar-refractivity contribution in [3.05, 3.63) is 42.0 Å². The number of rotatable bonds is 3. The van der Waals surface area contributed by atoms with Crippen molar-refractivity contribution in [1.82, 2.24) is 9.88 Å². The molecule has 1 aliphatic rings. The number of H-pyrrole nitrogens is 1. The van der Waals surface area contributed by atoms with E-state index in [9.17, 15) is 5.11 Å². The van der Waals surface area contributed by atoms with Crippen molar-refractivity contribution in [2.24, 2.45) is 4.99 Å². The molecule has 1 atom stereocenters. The SMILES string of the molecule is OC1c2cc[nH]c2N=CN1CCc1ccco1. The monoisotopic (exact) mass is 231 g/mol. The summed E-state index contributed by atoms with van der Waals surface area (Å²) in [4.78, 5) is 9.01. The van der Waals surface area contributed by atoms with E-state index in [4.69, 9.17) is 4.42 Å². The number of hydrogen-bond donors (Lipinski definition) is 2. The highest BCUT2D eigenvalue weighted by atomic mass is 16.3. The van der Waals surface area contributed by atoms with Gasteiger partial charge in [-0.05, 0) is 18.2 Å². The van der Waals surface area contributed by atoms with Gasteiger partial charge in [0.15, 0.2) is 6.23 Å². The molecule has 5 heteroatoms. The third kappa shape index (κ3) is 1.85. The Balaban J connectivity index is 1.69. The van der Waals surface area contributed by atoms with Crippen LogP contribution in [-0.4, -0.2) is 27.9 Å². The molecule has 0 aliphatic carbocycles. The van der Waals surface area contributed by atoms with E-state index in [1.807, 2.05) is 18.2 Å². The number of nitrogens with zero attached hydrogens (tertiary/aromatic N) is 2. The zero-order valence-corrected chi connectivity index (χ0v) is 9.21. The van der Waals surface area contributed by atoms with Crippen LogP contribution in [0.3, 0.4) is 0 Å². The fourth-order valence-electron chi connectivity index (χ4n) is 1.94. The highest BCUT2D eigenvalue weighted by molar-refractivity contribution is 5.65. The van der Waals surface area contributed by atoms with Crippen LogP contribution in [-0.2, 0) is 6.42 Å². The van der Waals surface area contributed by atoms with Crippen LogP contribution in [0.4, 0.5) is 5.82 Å². The van der Waals surface area contributed by atoms with E-state index in [1.54, 1.807) is 23.7 Å². The summed E-state index contributed by atoms with van der Waals surface area (Å²) in [5.41, 5.74) is 0.812. The minimum atomic E-state index is -0.635. The fraction of sp³-hybridized carbons (Fsp3) is 0.250. The Morgan fingerprint density at radius 2 is 2.41 bits per heavy atom. The van der Waals surface area contributed by atoms with Crippen LogP contribution in [0.1, 0.15) is 17.6 Å². The van der Waals surface area contributed by atoms with Gasteiger partial charge in [-0.2, -0.15) is 0 Å². The maximum Gasteiger partial charge on any atom is 0.157 e. The molecule has 17 heavy (non-hydrogen) atoms. The number of aliphatic hydroxyl groups excluding tert-OH is 1. The Bertz CT molecular complexity index is 516. The van der Waals surface area contributed by atoms with Gasteiger partial charge in [-0.25, -0.2) is 4.99 Å². The molecule has 0 bridgehead atoms. The molecule has 3 rings (SSSR count). The first-order valence-electron chi connectivity index (χ1n) is 5.52. The van der Waals surface area contributed by atoms with Crippen LogP contribution >= 0.6 is 0 Å². The van der Waals surface area contributed by atoms with E-state index in [1.165, 1.54) is 0 Å². The van der Waals surface area contributed by atoms with Gasteiger partial charge in [0.2, 0.25) is 0 Å². The van der Waals surface area contributed by atoms with Crippen molar-refractivity contribution in [3.8, 4) is 0 Å². The molecule has 3 heterocycles. The first kappa shape index (κ1) is 10.2. The number of aromatic nitrogens is 1. The Morgan fingerprint density at radius 1 is 1.47 bits per heavy atom. The molecule has 2 aromatic heterocycles. The Kier molecular flexibility index (Phi) is 2.45. The molecule has 0 amide bonds. The Hall–Kier alpha value is -2.01. The quantitative estimate of drug-likeness (QED) is 0.846. The largest absolute Gasteiger partial charge is 0.469 e. The number of furan rings is 1. The molecule has 5 nitrogen and oxygen atoms in total. The van der Waals surface area contributed by atoms with Crippen LogP contribution in [0.15, 0.2) is 40.1 Å². The van der Waals surface area contributed by atoms with E-state index in [-0.39, 0.29) is 0 Å². The third-order valence-electron chi connectivity index (χ3n) is 2.88. The summed E-state index contributed by atoms with van der Waals surface area (Å²) in [6.07, 6.45) is 5.20. The van der Waals surface area contributed by atoms with Gasteiger partial charge < -0.3 is 19.4 Å². The van der Waals surface area contributed by atoms with Crippen LogP contribution in [0.2, 0.25) is 0 Å². The molecule has 0 spiro atoms. The van der Waals surface area contributed by atoms with Crippen molar-refractivity contribution >= 4 is 12.2 Å². The molecule has 2 aromatic rings. The summed E-state index contributed by atoms with van der Waals surface area (Å²) < 4.78 is 5.26. The van der Waals surface area contributed by atoms with Gasteiger partial charge in [-0.3, -0.25) is 0 Å². The maximum absolute atomic E-state index is 10.1. The van der Waals surface area contributed by atoms with Gasteiger partial charge in [0.1, 0.15) is 11.6 Å². The third-order valence-corrected chi connectivity index (χ3v) is 2.88. The van der Waals surface area contributed by atoms with Gasteiger partial charge in [0.25, 0.3) is 0 Å². The minimum Gasteiger partial charge on any atom is -0.469 e. The molecule has 1 unspecified atom stereocenters. The van der Waals surface area contributed by atoms with Gasteiger partial charge in [0, 0.05) is 24.7 Å². The lowest BCUT2D eigenvalue weighted by Gasteiger charge is -2.28. The minimum absolute atomic E-state index is 0.635. The van der Waals surface area contributed by atoms with E-state index >= 15 is 0 Å². The predicted molar refractivity (Wildman–Crippen MR) is 63.0 cm³/mol. The van der Waals surface area contributed by atoms with E-state index in [2.05, 4.69) is 9.98 Å². The number of aliphatic hydroxyl groups is 1. The maximum atomic E-state index is 10.1. The molecule has 0 aromatic carbocycles. The number of hydrogen-bond acceptors (Lipinski definition) is 4. The lowest BCUT2D eigenvalue weighted by atomic mass is 10.2.